The number of aromatic nitrogens is 8. The average Bonchev–Trinajstić information content (AvgIpc) is 3.56. The molecule has 0 amide bonds. The fraction of sp³-hybridized carbons (Fsp3) is 0. The van der Waals surface area contributed by atoms with E-state index in [-0.39, 0.29) is 23.5 Å². The van der Waals surface area contributed by atoms with Crippen molar-refractivity contribution in [1.29, 1.82) is 0 Å². The Hall–Kier alpha value is -5.52. The van der Waals surface area contributed by atoms with Gasteiger partial charge in [0.25, 0.3) is 11.8 Å². The molecule has 4 aromatic heterocycles. The minimum Gasteiger partial charge on any atom is -0.267 e. The van der Waals surface area contributed by atoms with Crippen LogP contribution in [0.1, 0.15) is 20.7 Å². The van der Waals surface area contributed by atoms with Crippen molar-refractivity contribution in [3.8, 4) is 0 Å². The van der Waals surface area contributed by atoms with E-state index in [9.17, 15) is 9.59 Å². The molecular formula is C24H14N10O2. The van der Waals surface area contributed by atoms with Gasteiger partial charge in [0.1, 0.15) is 11.0 Å². The molecule has 0 saturated carbocycles. The Bertz CT molecular complexity index is 1640. The van der Waals surface area contributed by atoms with Gasteiger partial charge in [0.2, 0.25) is 0 Å². The van der Waals surface area contributed by atoms with Gasteiger partial charge in [-0.05, 0) is 48.5 Å². The second-order valence-corrected chi connectivity index (χ2v) is 7.60. The van der Waals surface area contributed by atoms with Gasteiger partial charge in [-0.2, -0.15) is 9.36 Å². The van der Waals surface area contributed by atoms with Crippen LogP contribution in [-0.4, -0.2) is 51.8 Å². The minimum absolute atomic E-state index is 0.283. The number of fused-ring (bicyclic) bond motifs is 2. The average molecular weight is 474 g/mol. The molecule has 0 atom stereocenters. The molecule has 0 fully saturated rings. The molecule has 12 heteroatoms. The number of carbonyl (C=O) groups is 2. The maximum absolute atomic E-state index is 12.8. The molecule has 12 nitrogen and oxygen atoms in total. The Kier molecular flexibility index (Phi) is 5.07. The second kappa shape index (κ2) is 8.68. The molecule has 0 bridgehead atoms. The predicted octanol–water partition coefficient (Wildman–Crippen LogP) is 3.76. The van der Waals surface area contributed by atoms with Crippen molar-refractivity contribution >= 4 is 45.5 Å². The van der Waals surface area contributed by atoms with Crippen LogP contribution < -0.4 is 0 Å². The summed E-state index contributed by atoms with van der Waals surface area (Å²) >= 11 is 0. The number of benzene rings is 2. The van der Waals surface area contributed by atoms with E-state index in [1.165, 1.54) is 21.8 Å². The van der Waals surface area contributed by atoms with Gasteiger partial charge in [0.05, 0.1) is 22.2 Å². The number of hydrogen-bond acceptors (Lipinski definition) is 10. The van der Waals surface area contributed by atoms with Crippen LogP contribution in [-0.2, 0) is 0 Å². The zero-order valence-electron chi connectivity index (χ0n) is 18.4. The van der Waals surface area contributed by atoms with Gasteiger partial charge in [-0.15, -0.1) is 20.4 Å². The molecule has 0 aliphatic rings. The lowest BCUT2D eigenvalue weighted by molar-refractivity contribution is 0.0939. The van der Waals surface area contributed by atoms with Gasteiger partial charge in [-0.1, -0.05) is 34.7 Å². The third-order valence-electron chi connectivity index (χ3n) is 5.33. The summed E-state index contributed by atoms with van der Waals surface area (Å²) in [5, 5.41) is 23.9. The van der Waals surface area contributed by atoms with Gasteiger partial charge in [-0.25, -0.2) is 9.97 Å². The number of hydrogen-bond donors (Lipinski definition) is 0. The lowest BCUT2D eigenvalue weighted by Gasteiger charge is -2.02. The molecule has 2 aromatic carbocycles. The van der Waals surface area contributed by atoms with E-state index in [2.05, 4.69) is 40.8 Å². The molecule has 0 saturated heterocycles. The van der Waals surface area contributed by atoms with Crippen LogP contribution in [0.5, 0.6) is 0 Å². The quantitative estimate of drug-likeness (QED) is 0.351. The first-order valence-electron chi connectivity index (χ1n) is 10.7. The largest absolute Gasteiger partial charge is 0.281 e. The van der Waals surface area contributed by atoms with Crippen LogP contribution in [0.15, 0.2) is 95.4 Å². The van der Waals surface area contributed by atoms with E-state index in [0.29, 0.717) is 33.2 Å². The highest BCUT2D eigenvalue weighted by Crippen LogP contribution is 2.18. The van der Waals surface area contributed by atoms with Crippen LogP contribution in [0.3, 0.4) is 0 Å². The summed E-state index contributed by atoms with van der Waals surface area (Å²) < 4.78 is 2.45. The Morgan fingerprint density at radius 3 is 1.44 bits per heavy atom. The number of rotatable bonds is 4. The van der Waals surface area contributed by atoms with Crippen molar-refractivity contribution in [1.82, 2.24) is 40.0 Å². The van der Waals surface area contributed by atoms with Crippen molar-refractivity contribution in [3.63, 3.8) is 0 Å². The molecule has 0 aliphatic heterocycles. The fourth-order valence-corrected chi connectivity index (χ4v) is 3.53. The van der Waals surface area contributed by atoms with Gasteiger partial charge < -0.3 is 0 Å². The topological polar surface area (TPSA) is 146 Å². The monoisotopic (exact) mass is 474 g/mol. The standard InChI is InChI=1S/C24H14N10O2/c35-23(33-19-7-3-1-5-17(19)27-31-33)15-9-11-21(25-13-15)29-30-22-12-10-16(14-26-22)24(36)34-20-8-4-2-6-18(20)28-32-34/h1-14H. The zero-order chi connectivity index (χ0) is 24.5. The minimum atomic E-state index is -0.359. The Morgan fingerprint density at radius 2 is 1.03 bits per heavy atom. The molecular weight excluding hydrogens is 460 g/mol. The summed E-state index contributed by atoms with van der Waals surface area (Å²) in [5.41, 5.74) is 3.11. The first-order valence-corrected chi connectivity index (χ1v) is 10.7. The zero-order valence-corrected chi connectivity index (χ0v) is 18.4. The van der Waals surface area contributed by atoms with Crippen LogP contribution in [0.2, 0.25) is 0 Å². The van der Waals surface area contributed by atoms with Crippen molar-refractivity contribution < 1.29 is 9.59 Å². The van der Waals surface area contributed by atoms with Crippen LogP contribution in [0.4, 0.5) is 11.6 Å². The first-order chi connectivity index (χ1) is 17.7. The van der Waals surface area contributed by atoms with E-state index >= 15 is 0 Å². The van der Waals surface area contributed by atoms with Gasteiger partial charge >= 0.3 is 0 Å². The van der Waals surface area contributed by atoms with Gasteiger partial charge in [0, 0.05) is 12.4 Å². The molecule has 0 radical (unpaired) electrons. The summed E-state index contributed by atoms with van der Waals surface area (Å²) in [6.45, 7) is 0. The van der Waals surface area contributed by atoms with E-state index in [1.54, 1.807) is 48.5 Å². The second-order valence-electron chi connectivity index (χ2n) is 7.60. The molecule has 172 valence electrons. The highest BCUT2D eigenvalue weighted by atomic mass is 16.2. The highest BCUT2D eigenvalue weighted by molar-refractivity contribution is 6.00. The van der Waals surface area contributed by atoms with Crippen molar-refractivity contribution in [2.45, 2.75) is 0 Å². The number of nitrogens with zero attached hydrogens (tertiary/aromatic N) is 10. The lowest BCUT2D eigenvalue weighted by Crippen LogP contribution is -2.13. The summed E-state index contributed by atoms with van der Waals surface area (Å²) in [6.07, 6.45) is 2.79. The number of carbonyl (C=O) groups excluding carboxylic acids is 2. The van der Waals surface area contributed by atoms with Crippen molar-refractivity contribution in [3.05, 3.63) is 96.3 Å². The maximum Gasteiger partial charge on any atom is 0.281 e. The fourth-order valence-electron chi connectivity index (χ4n) is 3.53. The van der Waals surface area contributed by atoms with Gasteiger partial charge in [-0.3, -0.25) is 9.59 Å². The molecule has 4 heterocycles. The molecule has 0 aliphatic carbocycles. The molecule has 6 rings (SSSR count). The number of azo groups is 1. The van der Waals surface area contributed by atoms with Crippen molar-refractivity contribution in [2.75, 3.05) is 0 Å². The maximum atomic E-state index is 12.8. The van der Waals surface area contributed by atoms with Crippen molar-refractivity contribution in [2.24, 2.45) is 10.2 Å². The third kappa shape index (κ3) is 3.77. The predicted molar refractivity (Wildman–Crippen MR) is 127 cm³/mol. The Balaban J connectivity index is 1.16. The SMILES string of the molecule is O=C(c1ccc(N=Nc2ccc(C(=O)n3nnc4ccccc43)cn2)nc1)n1nnc2ccccc21. The lowest BCUT2D eigenvalue weighted by atomic mass is 10.2. The molecule has 0 N–H and O–H groups in total. The van der Waals surface area contributed by atoms with E-state index in [0.717, 1.165) is 0 Å². The number of para-hydroxylation sites is 2. The highest BCUT2D eigenvalue weighted by Gasteiger charge is 2.15. The molecule has 0 unspecified atom stereocenters. The molecule has 6 aromatic rings. The summed E-state index contributed by atoms with van der Waals surface area (Å²) in [6, 6.07) is 20.6. The number of pyridine rings is 2. The van der Waals surface area contributed by atoms with E-state index < -0.39 is 0 Å². The summed E-state index contributed by atoms with van der Waals surface area (Å²) in [7, 11) is 0. The Labute approximate surface area is 201 Å². The van der Waals surface area contributed by atoms with Crippen LogP contribution in [0, 0.1) is 0 Å². The molecule has 36 heavy (non-hydrogen) atoms. The van der Waals surface area contributed by atoms with Crippen LogP contribution in [0.25, 0.3) is 22.1 Å². The Morgan fingerprint density at radius 1 is 0.583 bits per heavy atom. The summed E-state index contributed by atoms with van der Waals surface area (Å²) in [5.74, 6) is -0.152. The van der Waals surface area contributed by atoms with E-state index in [1.807, 2.05) is 24.3 Å². The smallest absolute Gasteiger partial charge is 0.267 e. The normalized spacial score (nSPS) is 11.4. The van der Waals surface area contributed by atoms with Gasteiger partial charge in [0.15, 0.2) is 11.6 Å². The van der Waals surface area contributed by atoms with E-state index in [4.69, 9.17) is 0 Å². The van der Waals surface area contributed by atoms with Crippen LogP contribution >= 0.6 is 0 Å². The molecule has 0 spiro atoms. The first kappa shape index (κ1) is 21.0. The third-order valence-corrected chi connectivity index (χ3v) is 5.33. The summed E-state index contributed by atoms with van der Waals surface area (Å²) in [4.78, 5) is 33.9.